The van der Waals surface area contributed by atoms with Gasteiger partial charge in [0.1, 0.15) is 0 Å². The van der Waals surface area contributed by atoms with E-state index >= 15 is 0 Å². The Morgan fingerprint density at radius 2 is 1.89 bits per heavy atom. The molecule has 0 aliphatic heterocycles. The molecule has 0 spiro atoms. The SMILES string of the molecule is CCNC(=NCCCC(=O)NC1CC1)NCCc1ccc(S(C)(=O)=O)cc1. The first-order chi connectivity index (χ1) is 12.9. The van der Waals surface area contributed by atoms with E-state index in [1.165, 1.54) is 6.26 Å². The van der Waals surface area contributed by atoms with E-state index < -0.39 is 9.84 Å². The zero-order chi connectivity index (χ0) is 19.7. The number of rotatable bonds is 10. The second-order valence-corrected chi connectivity index (χ2v) is 8.81. The molecule has 0 bridgehead atoms. The highest BCUT2D eigenvalue weighted by molar-refractivity contribution is 7.90. The highest BCUT2D eigenvalue weighted by Gasteiger charge is 2.22. The lowest BCUT2D eigenvalue weighted by Crippen LogP contribution is -2.38. The van der Waals surface area contributed by atoms with Gasteiger partial charge in [0.25, 0.3) is 0 Å². The van der Waals surface area contributed by atoms with Crippen molar-refractivity contribution in [2.45, 2.75) is 50.0 Å². The summed E-state index contributed by atoms with van der Waals surface area (Å²) in [7, 11) is -3.16. The Morgan fingerprint density at radius 3 is 2.48 bits per heavy atom. The quantitative estimate of drug-likeness (QED) is 0.315. The van der Waals surface area contributed by atoms with Crippen molar-refractivity contribution in [1.82, 2.24) is 16.0 Å². The Kier molecular flexibility index (Phi) is 8.09. The van der Waals surface area contributed by atoms with Gasteiger partial charge in [-0.3, -0.25) is 9.79 Å². The Bertz CT molecular complexity index is 741. The lowest BCUT2D eigenvalue weighted by atomic mass is 10.1. The van der Waals surface area contributed by atoms with Gasteiger partial charge in [-0.15, -0.1) is 0 Å². The molecule has 0 unspecified atom stereocenters. The molecule has 1 aromatic rings. The van der Waals surface area contributed by atoms with Gasteiger partial charge in [0, 0.05) is 38.4 Å². The molecule has 8 heteroatoms. The molecule has 3 N–H and O–H groups in total. The summed E-state index contributed by atoms with van der Waals surface area (Å²) in [5.41, 5.74) is 1.06. The van der Waals surface area contributed by atoms with Crippen LogP contribution in [-0.4, -0.2) is 52.2 Å². The number of hydrogen-bond acceptors (Lipinski definition) is 4. The van der Waals surface area contributed by atoms with Crippen LogP contribution in [0.4, 0.5) is 0 Å². The van der Waals surface area contributed by atoms with Crippen molar-refractivity contribution in [3.63, 3.8) is 0 Å². The second kappa shape index (κ2) is 10.3. The van der Waals surface area contributed by atoms with Crippen molar-refractivity contribution in [3.05, 3.63) is 29.8 Å². The standard InChI is InChI=1S/C19H30N4O3S/c1-3-20-19(21-13-4-5-18(24)23-16-8-9-16)22-14-12-15-6-10-17(11-7-15)27(2,25)26/h6-7,10-11,16H,3-5,8-9,12-14H2,1-2H3,(H,23,24)(H2,20,21,22). The minimum absolute atomic E-state index is 0.114. The fourth-order valence-electron chi connectivity index (χ4n) is 2.53. The van der Waals surface area contributed by atoms with Gasteiger partial charge in [-0.05, 0) is 50.3 Å². The van der Waals surface area contributed by atoms with E-state index in [0.717, 1.165) is 43.8 Å². The van der Waals surface area contributed by atoms with Crippen LogP contribution < -0.4 is 16.0 Å². The van der Waals surface area contributed by atoms with E-state index in [2.05, 4.69) is 20.9 Å². The summed E-state index contributed by atoms with van der Waals surface area (Å²) in [5, 5.41) is 9.43. The van der Waals surface area contributed by atoms with Crippen LogP contribution in [0.5, 0.6) is 0 Å². The summed E-state index contributed by atoms with van der Waals surface area (Å²) in [6, 6.07) is 7.35. The van der Waals surface area contributed by atoms with Crippen LogP contribution in [0, 0.1) is 0 Å². The van der Waals surface area contributed by atoms with Crippen molar-refractivity contribution >= 4 is 21.7 Å². The number of sulfone groups is 1. The average Bonchev–Trinajstić information content (AvgIpc) is 3.42. The average molecular weight is 395 g/mol. The number of carbonyl (C=O) groups excluding carboxylic acids is 1. The number of aliphatic imine (C=N–C) groups is 1. The molecular formula is C19H30N4O3S. The van der Waals surface area contributed by atoms with E-state index in [9.17, 15) is 13.2 Å². The van der Waals surface area contributed by atoms with E-state index in [4.69, 9.17) is 0 Å². The molecule has 1 amide bonds. The highest BCUT2D eigenvalue weighted by Crippen LogP contribution is 2.18. The van der Waals surface area contributed by atoms with Crippen molar-refractivity contribution in [2.24, 2.45) is 4.99 Å². The lowest BCUT2D eigenvalue weighted by Gasteiger charge is -2.11. The molecule has 7 nitrogen and oxygen atoms in total. The molecule has 150 valence electrons. The molecule has 1 fully saturated rings. The van der Waals surface area contributed by atoms with Crippen LogP contribution in [-0.2, 0) is 21.1 Å². The fraction of sp³-hybridized carbons (Fsp3) is 0.579. The van der Waals surface area contributed by atoms with E-state index in [1.54, 1.807) is 12.1 Å². The lowest BCUT2D eigenvalue weighted by molar-refractivity contribution is -0.121. The second-order valence-electron chi connectivity index (χ2n) is 6.80. The maximum Gasteiger partial charge on any atom is 0.220 e. The number of amides is 1. The van der Waals surface area contributed by atoms with Gasteiger partial charge in [0.15, 0.2) is 15.8 Å². The van der Waals surface area contributed by atoms with Crippen molar-refractivity contribution < 1.29 is 13.2 Å². The number of hydrogen-bond donors (Lipinski definition) is 3. The van der Waals surface area contributed by atoms with Crippen LogP contribution in [0.25, 0.3) is 0 Å². The van der Waals surface area contributed by atoms with Crippen molar-refractivity contribution in [3.8, 4) is 0 Å². The Labute approximate surface area is 162 Å². The number of benzene rings is 1. The van der Waals surface area contributed by atoms with Gasteiger partial charge in [0.05, 0.1) is 4.90 Å². The van der Waals surface area contributed by atoms with Crippen LogP contribution in [0.3, 0.4) is 0 Å². The molecule has 0 saturated heterocycles. The van der Waals surface area contributed by atoms with Gasteiger partial charge < -0.3 is 16.0 Å². The first kappa shape index (κ1) is 21.2. The van der Waals surface area contributed by atoms with Crippen LogP contribution in [0.1, 0.15) is 38.2 Å². The molecule has 0 heterocycles. The molecule has 1 aromatic carbocycles. The number of nitrogens with one attached hydrogen (secondary N) is 3. The molecule has 1 aliphatic rings. The monoisotopic (exact) mass is 394 g/mol. The van der Waals surface area contributed by atoms with Gasteiger partial charge in [-0.1, -0.05) is 12.1 Å². The van der Waals surface area contributed by atoms with Crippen molar-refractivity contribution in [2.75, 3.05) is 25.9 Å². The Hall–Kier alpha value is -2.09. The number of guanidine groups is 1. The first-order valence-electron chi connectivity index (χ1n) is 9.49. The van der Waals surface area contributed by atoms with Gasteiger partial charge in [-0.2, -0.15) is 0 Å². The van der Waals surface area contributed by atoms with Gasteiger partial charge in [0.2, 0.25) is 5.91 Å². The summed E-state index contributed by atoms with van der Waals surface area (Å²) in [5.74, 6) is 0.844. The molecule has 1 aliphatic carbocycles. The highest BCUT2D eigenvalue weighted by atomic mass is 32.2. The summed E-state index contributed by atoms with van der Waals surface area (Å²) >= 11 is 0. The summed E-state index contributed by atoms with van der Waals surface area (Å²) in [4.78, 5) is 16.5. The number of nitrogens with zero attached hydrogens (tertiary/aromatic N) is 1. The predicted octanol–water partition coefficient (Wildman–Crippen LogP) is 1.25. The fourth-order valence-corrected chi connectivity index (χ4v) is 3.16. The molecule has 0 radical (unpaired) electrons. The van der Waals surface area contributed by atoms with Crippen LogP contribution in [0.15, 0.2) is 34.2 Å². The van der Waals surface area contributed by atoms with E-state index in [0.29, 0.717) is 30.4 Å². The molecule has 1 saturated carbocycles. The zero-order valence-corrected chi connectivity index (χ0v) is 16.9. The predicted molar refractivity (Wildman–Crippen MR) is 108 cm³/mol. The maximum atomic E-state index is 11.7. The smallest absolute Gasteiger partial charge is 0.220 e. The zero-order valence-electron chi connectivity index (χ0n) is 16.1. The third kappa shape index (κ3) is 8.43. The van der Waals surface area contributed by atoms with E-state index in [-0.39, 0.29) is 5.91 Å². The first-order valence-corrected chi connectivity index (χ1v) is 11.4. The molecule has 0 atom stereocenters. The molecule has 2 rings (SSSR count). The minimum Gasteiger partial charge on any atom is -0.357 e. The summed E-state index contributed by atoms with van der Waals surface area (Å²) in [6.07, 6.45) is 5.41. The third-order valence-corrected chi connectivity index (χ3v) is 5.30. The summed E-state index contributed by atoms with van der Waals surface area (Å²) in [6.45, 7) is 4.05. The molecule has 27 heavy (non-hydrogen) atoms. The van der Waals surface area contributed by atoms with Crippen molar-refractivity contribution in [1.29, 1.82) is 0 Å². The topological polar surface area (TPSA) is 99.7 Å². The molecule has 0 aromatic heterocycles. The third-order valence-electron chi connectivity index (χ3n) is 4.18. The van der Waals surface area contributed by atoms with E-state index in [1.807, 2.05) is 19.1 Å². The van der Waals surface area contributed by atoms with Gasteiger partial charge >= 0.3 is 0 Å². The van der Waals surface area contributed by atoms with Crippen LogP contribution >= 0.6 is 0 Å². The molecular weight excluding hydrogens is 364 g/mol. The Balaban J connectivity index is 1.71. The van der Waals surface area contributed by atoms with Crippen LogP contribution in [0.2, 0.25) is 0 Å². The largest absolute Gasteiger partial charge is 0.357 e. The normalized spacial score (nSPS) is 14.7. The number of carbonyl (C=O) groups is 1. The summed E-state index contributed by atoms with van der Waals surface area (Å²) < 4.78 is 23.0. The Morgan fingerprint density at radius 1 is 1.19 bits per heavy atom. The van der Waals surface area contributed by atoms with Gasteiger partial charge in [-0.25, -0.2) is 8.42 Å². The maximum absolute atomic E-state index is 11.7. The minimum atomic E-state index is -3.16.